The second kappa shape index (κ2) is 11.8. The summed E-state index contributed by atoms with van der Waals surface area (Å²) in [4.78, 5) is 32.8. The summed E-state index contributed by atoms with van der Waals surface area (Å²) in [6.07, 6.45) is 1.82. The van der Waals surface area contributed by atoms with Gasteiger partial charge >= 0.3 is 5.97 Å². The van der Waals surface area contributed by atoms with Crippen LogP contribution in [0, 0.1) is 0 Å². The summed E-state index contributed by atoms with van der Waals surface area (Å²) in [5, 5.41) is 4.24. The highest BCUT2D eigenvalue weighted by Gasteiger charge is 2.33. The van der Waals surface area contributed by atoms with Crippen LogP contribution in [0.15, 0.2) is 99.2 Å². The predicted molar refractivity (Wildman–Crippen MR) is 166 cm³/mol. The normalized spacial score (nSPS) is 14.9. The van der Waals surface area contributed by atoms with Crippen LogP contribution in [0.3, 0.4) is 0 Å². The molecule has 5 aromatic rings. The van der Waals surface area contributed by atoms with Gasteiger partial charge in [0.2, 0.25) is 0 Å². The summed E-state index contributed by atoms with van der Waals surface area (Å²) in [6.45, 7) is 4.17. The van der Waals surface area contributed by atoms with Gasteiger partial charge in [-0.1, -0.05) is 65.9 Å². The Labute approximate surface area is 250 Å². The monoisotopic (exact) mass is 596 g/mol. The summed E-state index contributed by atoms with van der Waals surface area (Å²) in [5.74, 6) is 0.709. The number of methoxy groups -OCH3 is 1. The van der Waals surface area contributed by atoms with Gasteiger partial charge in [-0.15, -0.1) is 11.3 Å². The fraction of sp³-hybridized carbons (Fsp3) is 0.182. The third-order valence-electron chi connectivity index (χ3n) is 7.08. The first-order chi connectivity index (χ1) is 20.5. The minimum Gasteiger partial charge on any atom is -0.493 e. The number of ether oxygens (including phenoxy) is 3. The molecule has 0 amide bonds. The number of benzene rings is 3. The van der Waals surface area contributed by atoms with Crippen LogP contribution in [0.5, 0.6) is 11.5 Å². The van der Waals surface area contributed by atoms with Gasteiger partial charge in [-0.2, -0.15) is 0 Å². The number of thiazole rings is 1. The molecular weight excluding hydrogens is 569 g/mol. The van der Waals surface area contributed by atoms with Crippen molar-refractivity contribution in [3.63, 3.8) is 0 Å². The number of rotatable bonds is 8. The number of carbonyl (C=O) groups is 1. The van der Waals surface area contributed by atoms with Crippen LogP contribution in [0.25, 0.3) is 16.8 Å². The second-order valence-electron chi connectivity index (χ2n) is 9.65. The van der Waals surface area contributed by atoms with Crippen molar-refractivity contribution in [2.24, 2.45) is 4.99 Å². The molecule has 0 spiro atoms. The Hall–Kier alpha value is -4.47. The van der Waals surface area contributed by atoms with Gasteiger partial charge in [-0.25, -0.2) is 9.79 Å². The molecule has 7 nitrogen and oxygen atoms in total. The Bertz CT molecular complexity index is 2000. The maximum absolute atomic E-state index is 13.8. The quantitative estimate of drug-likeness (QED) is 0.218. The topological polar surface area (TPSA) is 79.1 Å². The largest absolute Gasteiger partial charge is 0.493 e. The molecule has 1 atom stereocenters. The molecule has 42 heavy (non-hydrogen) atoms. The smallest absolute Gasteiger partial charge is 0.338 e. The highest BCUT2D eigenvalue weighted by molar-refractivity contribution is 7.10. The van der Waals surface area contributed by atoms with Crippen molar-refractivity contribution in [1.82, 2.24) is 4.57 Å². The van der Waals surface area contributed by atoms with Gasteiger partial charge in [0, 0.05) is 4.88 Å². The highest BCUT2D eigenvalue weighted by atomic mass is 32.1. The lowest BCUT2D eigenvalue weighted by Crippen LogP contribution is -2.39. The van der Waals surface area contributed by atoms with Crippen LogP contribution >= 0.6 is 22.7 Å². The molecule has 3 heterocycles. The molecule has 0 fully saturated rings. The van der Waals surface area contributed by atoms with Gasteiger partial charge in [0.15, 0.2) is 16.3 Å². The minimum atomic E-state index is -0.596. The SMILES string of the molecule is CCOC(=O)C1=C(C)N=c2s/c(=C\c3ccc(OCc4cccc5ccccc45)c(OC)c3)c(=O)n2[C@@H]1c1cccs1. The first-order valence-corrected chi connectivity index (χ1v) is 15.2. The molecule has 6 rings (SSSR count). The van der Waals surface area contributed by atoms with Crippen LogP contribution in [-0.4, -0.2) is 24.3 Å². The molecule has 3 aromatic carbocycles. The molecule has 2 aromatic heterocycles. The van der Waals surface area contributed by atoms with E-state index in [4.69, 9.17) is 14.2 Å². The predicted octanol–water partition coefficient (Wildman–Crippen LogP) is 5.60. The number of thiophene rings is 1. The van der Waals surface area contributed by atoms with Crippen molar-refractivity contribution in [3.8, 4) is 11.5 Å². The van der Waals surface area contributed by atoms with Gasteiger partial charge < -0.3 is 14.2 Å². The van der Waals surface area contributed by atoms with Crippen LogP contribution < -0.4 is 24.4 Å². The van der Waals surface area contributed by atoms with Gasteiger partial charge in [0.25, 0.3) is 5.56 Å². The third-order valence-corrected chi connectivity index (χ3v) is 8.99. The average Bonchev–Trinajstić information content (AvgIpc) is 3.64. The van der Waals surface area contributed by atoms with Crippen molar-refractivity contribution in [1.29, 1.82) is 0 Å². The molecule has 0 unspecified atom stereocenters. The van der Waals surface area contributed by atoms with E-state index in [1.54, 1.807) is 25.5 Å². The summed E-state index contributed by atoms with van der Waals surface area (Å²) < 4.78 is 19.3. The van der Waals surface area contributed by atoms with Gasteiger partial charge in [-0.3, -0.25) is 9.36 Å². The molecule has 9 heteroatoms. The number of allylic oxidation sites excluding steroid dienone is 1. The van der Waals surface area contributed by atoms with Crippen molar-refractivity contribution in [3.05, 3.63) is 125 Å². The van der Waals surface area contributed by atoms with E-state index in [0.717, 1.165) is 26.8 Å². The number of aromatic nitrogens is 1. The van der Waals surface area contributed by atoms with E-state index in [9.17, 15) is 9.59 Å². The average molecular weight is 597 g/mol. The van der Waals surface area contributed by atoms with Crippen molar-refractivity contribution in [2.45, 2.75) is 26.5 Å². The van der Waals surface area contributed by atoms with Crippen LogP contribution in [0.2, 0.25) is 0 Å². The van der Waals surface area contributed by atoms with Crippen molar-refractivity contribution in [2.75, 3.05) is 13.7 Å². The molecule has 212 valence electrons. The standard InChI is InChI=1S/C33H28N2O5S2/c1-4-39-32(37)29-20(2)34-33-35(30(29)27-13-8-16-41-27)31(36)28(42-33)18-21-14-15-25(26(17-21)38-3)40-19-23-11-7-10-22-9-5-6-12-24(22)23/h5-18,30H,4,19H2,1-3H3/b28-18-/t30-/m1/s1. The van der Waals surface area contributed by atoms with E-state index < -0.39 is 12.0 Å². The number of hydrogen-bond donors (Lipinski definition) is 0. The van der Waals surface area contributed by atoms with Crippen molar-refractivity contribution >= 4 is 45.5 Å². The fourth-order valence-corrected chi connectivity index (χ4v) is 7.00. The van der Waals surface area contributed by atoms with Crippen molar-refractivity contribution < 1.29 is 19.0 Å². The van der Waals surface area contributed by atoms with Crippen LogP contribution in [-0.2, 0) is 16.1 Å². The maximum atomic E-state index is 13.8. The summed E-state index contributed by atoms with van der Waals surface area (Å²) in [7, 11) is 1.60. The minimum absolute atomic E-state index is 0.221. The molecule has 0 radical (unpaired) electrons. The number of nitrogens with zero attached hydrogens (tertiary/aromatic N) is 2. The number of carbonyl (C=O) groups excluding carboxylic acids is 1. The molecule has 1 aliphatic heterocycles. The highest BCUT2D eigenvalue weighted by Crippen LogP contribution is 2.33. The van der Waals surface area contributed by atoms with E-state index in [1.165, 1.54) is 22.7 Å². The summed E-state index contributed by atoms with van der Waals surface area (Å²) in [6, 6.07) is 23.2. The Morgan fingerprint density at radius 2 is 1.88 bits per heavy atom. The molecule has 1 aliphatic rings. The summed E-state index contributed by atoms with van der Waals surface area (Å²) in [5.41, 5.74) is 2.57. The summed E-state index contributed by atoms with van der Waals surface area (Å²) >= 11 is 2.78. The second-order valence-corrected chi connectivity index (χ2v) is 11.6. The number of fused-ring (bicyclic) bond motifs is 2. The zero-order valence-electron chi connectivity index (χ0n) is 23.3. The lowest BCUT2D eigenvalue weighted by atomic mass is 10.0. The third kappa shape index (κ3) is 5.17. The first kappa shape index (κ1) is 27.7. The van der Waals surface area contributed by atoms with E-state index in [2.05, 4.69) is 29.3 Å². The number of esters is 1. The van der Waals surface area contributed by atoms with Gasteiger partial charge in [-0.05, 0) is 65.4 Å². The Morgan fingerprint density at radius 3 is 2.67 bits per heavy atom. The molecule has 0 aliphatic carbocycles. The molecule has 0 saturated heterocycles. The lowest BCUT2D eigenvalue weighted by molar-refractivity contribution is -0.139. The Morgan fingerprint density at radius 1 is 1.05 bits per heavy atom. The van der Waals surface area contributed by atoms with Crippen LogP contribution in [0.4, 0.5) is 0 Å². The first-order valence-electron chi connectivity index (χ1n) is 13.5. The molecule has 0 saturated carbocycles. The Balaban J connectivity index is 1.34. The molecule has 0 bridgehead atoms. The van der Waals surface area contributed by atoms with E-state index in [-0.39, 0.29) is 12.2 Å². The van der Waals surface area contributed by atoms with Gasteiger partial charge in [0.1, 0.15) is 12.6 Å². The number of hydrogen-bond acceptors (Lipinski definition) is 8. The van der Waals surface area contributed by atoms with Gasteiger partial charge in [0.05, 0.1) is 29.5 Å². The van der Waals surface area contributed by atoms with Crippen LogP contribution in [0.1, 0.15) is 35.9 Å². The fourth-order valence-electron chi connectivity index (χ4n) is 5.13. The molecule has 0 N–H and O–H groups in total. The zero-order valence-corrected chi connectivity index (χ0v) is 25.0. The Kier molecular flexibility index (Phi) is 7.78. The zero-order chi connectivity index (χ0) is 29.2. The molecular formula is C33H28N2O5S2. The van der Waals surface area contributed by atoms with E-state index >= 15 is 0 Å². The van der Waals surface area contributed by atoms with E-state index in [1.807, 2.05) is 60.0 Å². The lowest BCUT2D eigenvalue weighted by Gasteiger charge is -2.23. The van der Waals surface area contributed by atoms with E-state index in [0.29, 0.717) is 38.7 Å². The maximum Gasteiger partial charge on any atom is 0.338 e.